The average Bonchev–Trinajstić information content (AvgIpc) is 2.22. The molecule has 0 unspecified atom stereocenters. The van der Waals surface area contributed by atoms with Gasteiger partial charge in [-0.2, -0.15) is 0 Å². The summed E-state index contributed by atoms with van der Waals surface area (Å²) in [5.41, 5.74) is 2.99. The molecule has 0 aliphatic carbocycles. The van der Waals surface area contributed by atoms with Crippen molar-refractivity contribution in [2.75, 3.05) is 18.4 Å². The second-order valence-electron chi connectivity index (χ2n) is 6.90. The van der Waals surface area contributed by atoms with Crippen molar-refractivity contribution < 1.29 is 0 Å². The molecular weight excluding hydrogens is 220 g/mol. The fourth-order valence-electron chi connectivity index (χ4n) is 1.93. The molecule has 1 aromatic rings. The highest BCUT2D eigenvalue weighted by molar-refractivity contribution is 5.54. The van der Waals surface area contributed by atoms with Crippen molar-refractivity contribution in [2.24, 2.45) is 0 Å². The van der Waals surface area contributed by atoms with Crippen molar-refractivity contribution in [3.63, 3.8) is 0 Å². The van der Waals surface area contributed by atoms with Crippen LogP contribution in [-0.4, -0.2) is 18.6 Å². The van der Waals surface area contributed by atoms with E-state index in [1.807, 2.05) is 0 Å². The molecule has 0 fully saturated rings. The Balaban J connectivity index is 2.58. The molecule has 1 aromatic carbocycles. The maximum atomic E-state index is 3.53. The fourth-order valence-corrected chi connectivity index (χ4v) is 1.93. The molecule has 0 atom stereocenters. The zero-order valence-corrected chi connectivity index (χ0v) is 12.7. The van der Waals surface area contributed by atoms with Gasteiger partial charge in [0.05, 0.1) is 0 Å². The SMILES string of the molecule is CC(C)(C)NCCNc1ccccc1C(C)(C)C. The number of benzene rings is 1. The van der Waals surface area contributed by atoms with Gasteiger partial charge < -0.3 is 10.6 Å². The van der Waals surface area contributed by atoms with Gasteiger partial charge in [-0.25, -0.2) is 0 Å². The molecule has 0 saturated carbocycles. The van der Waals surface area contributed by atoms with Gasteiger partial charge in [-0.05, 0) is 37.8 Å². The standard InChI is InChI=1S/C16H28N2/c1-15(2,3)13-9-7-8-10-14(13)17-11-12-18-16(4,5)6/h7-10,17-18H,11-12H2,1-6H3. The first-order valence-electron chi connectivity index (χ1n) is 6.78. The number of nitrogens with one attached hydrogen (secondary N) is 2. The topological polar surface area (TPSA) is 24.1 Å². The predicted molar refractivity (Wildman–Crippen MR) is 81.4 cm³/mol. The van der Waals surface area contributed by atoms with Crippen LogP contribution in [0.25, 0.3) is 0 Å². The van der Waals surface area contributed by atoms with Crippen LogP contribution in [0.3, 0.4) is 0 Å². The third-order valence-electron chi connectivity index (χ3n) is 2.83. The van der Waals surface area contributed by atoms with Crippen LogP contribution in [0.2, 0.25) is 0 Å². The summed E-state index contributed by atoms with van der Waals surface area (Å²) in [5, 5.41) is 7.02. The third kappa shape index (κ3) is 5.09. The number of anilines is 1. The van der Waals surface area contributed by atoms with Crippen molar-refractivity contribution >= 4 is 5.69 Å². The Morgan fingerprint density at radius 1 is 0.889 bits per heavy atom. The lowest BCUT2D eigenvalue weighted by molar-refractivity contribution is 0.435. The minimum absolute atomic E-state index is 0.182. The molecule has 0 aliphatic rings. The summed E-state index contributed by atoms with van der Waals surface area (Å²) >= 11 is 0. The van der Waals surface area contributed by atoms with Gasteiger partial charge >= 0.3 is 0 Å². The molecule has 2 nitrogen and oxygen atoms in total. The minimum Gasteiger partial charge on any atom is -0.384 e. The van der Waals surface area contributed by atoms with Crippen molar-refractivity contribution in [3.05, 3.63) is 29.8 Å². The second-order valence-corrected chi connectivity index (χ2v) is 6.90. The first kappa shape index (κ1) is 15.0. The van der Waals surface area contributed by atoms with E-state index in [9.17, 15) is 0 Å². The summed E-state index contributed by atoms with van der Waals surface area (Å²) in [5.74, 6) is 0. The summed E-state index contributed by atoms with van der Waals surface area (Å²) in [6, 6.07) is 8.57. The predicted octanol–water partition coefficient (Wildman–Crippen LogP) is 3.78. The zero-order valence-electron chi connectivity index (χ0n) is 12.7. The summed E-state index contributed by atoms with van der Waals surface area (Å²) in [4.78, 5) is 0. The Kier molecular flexibility index (Phi) is 4.80. The van der Waals surface area contributed by atoms with E-state index in [0.29, 0.717) is 0 Å². The Labute approximate surface area is 112 Å². The van der Waals surface area contributed by atoms with Gasteiger partial charge in [-0.15, -0.1) is 0 Å². The molecule has 1 rings (SSSR count). The van der Waals surface area contributed by atoms with Crippen LogP contribution in [-0.2, 0) is 5.41 Å². The lowest BCUT2D eigenvalue weighted by atomic mass is 9.86. The lowest BCUT2D eigenvalue weighted by Crippen LogP contribution is -2.38. The summed E-state index contributed by atoms with van der Waals surface area (Å²) in [7, 11) is 0. The highest BCUT2D eigenvalue weighted by Crippen LogP contribution is 2.28. The van der Waals surface area contributed by atoms with E-state index < -0.39 is 0 Å². The highest BCUT2D eigenvalue weighted by atomic mass is 15.0. The van der Waals surface area contributed by atoms with Crippen molar-refractivity contribution in [3.8, 4) is 0 Å². The molecule has 0 amide bonds. The van der Waals surface area contributed by atoms with Gasteiger partial charge in [0.25, 0.3) is 0 Å². The number of rotatable bonds is 4. The molecule has 0 bridgehead atoms. The molecule has 0 spiro atoms. The molecular formula is C16H28N2. The summed E-state index contributed by atoms with van der Waals surface area (Å²) in [6.07, 6.45) is 0. The number of hydrogen-bond donors (Lipinski definition) is 2. The van der Waals surface area contributed by atoms with Crippen molar-refractivity contribution in [2.45, 2.75) is 52.5 Å². The third-order valence-corrected chi connectivity index (χ3v) is 2.83. The monoisotopic (exact) mass is 248 g/mol. The first-order chi connectivity index (χ1) is 8.20. The molecule has 0 radical (unpaired) electrons. The average molecular weight is 248 g/mol. The van der Waals surface area contributed by atoms with Crippen LogP contribution in [0.15, 0.2) is 24.3 Å². The van der Waals surface area contributed by atoms with Crippen LogP contribution < -0.4 is 10.6 Å². The van der Waals surface area contributed by atoms with Gasteiger partial charge in [0.1, 0.15) is 0 Å². The maximum Gasteiger partial charge on any atom is 0.0378 e. The van der Waals surface area contributed by atoms with Gasteiger partial charge in [-0.1, -0.05) is 39.0 Å². The second kappa shape index (κ2) is 5.75. The van der Waals surface area contributed by atoms with Gasteiger partial charge in [0, 0.05) is 24.3 Å². The van der Waals surface area contributed by atoms with E-state index in [-0.39, 0.29) is 11.0 Å². The highest BCUT2D eigenvalue weighted by Gasteiger charge is 2.17. The Bertz CT molecular complexity index is 369. The largest absolute Gasteiger partial charge is 0.384 e. The van der Waals surface area contributed by atoms with Crippen molar-refractivity contribution in [1.29, 1.82) is 0 Å². The molecule has 2 N–H and O–H groups in total. The smallest absolute Gasteiger partial charge is 0.0378 e. The quantitative estimate of drug-likeness (QED) is 0.792. The van der Waals surface area contributed by atoms with Crippen LogP contribution >= 0.6 is 0 Å². The number of hydrogen-bond acceptors (Lipinski definition) is 2. The molecule has 18 heavy (non-hydrogen) atoms. The fraction of sp³-hybridized carbons (Fsp3) is 0.625. The van der Waals surface area contributed by atoms with Crippen LogP contribution in [0.4, 0.5) is 5.69 Å². The zero-order chi connectivity index (χ0) is 13.8. The number of para-hydroxylation sites is 1. The minimum atomic E-state index is 0.182. The van der Waals surface area contributed by atoms with E-state index in [2.05, 4.69) is 76.4 Å². The van der Waals surface area contributed by atoms with Gasteiger partial charge in [0.2, 0.25) is 0 Å². The molecule has 0 heterocycles. The van der Waals surface area contributed by atoms with E-state index >= 15 is 0 Å². The van der Waals surface area contributed by atoms with Crippen LogP contribution in [0, 0.1) is 0 Å². The molecule has 0 saturated heterocycles. The Morgan fingerprint density at radius 3 is 2.06 bits per heavy atom. The van der Waals surface area contributed by atoms with E-state index in [1.54, 1.807) is 0 Å². The van der Waals surface area contributed by atoms with Crippen LogP contribution in [0.1, 0.15) is 47.1 Å². The Morgan fingerprint density at radius 2 is 1.50 bits per heavy atom. The van der Waals surface area contributed by atoms with E-state index in [4.69, 9.17) is 0 Å². The van der Waals surface area contributed by atoms with Gasteiger partial charge in [-0.3, -0.25) is 0 Å². The molecule has 0 aliphatic heterocycles. The first-order valence-corrected chi connectivity index (χ1v) is 6.78. The normalized spacial score (nSPS) is 12.6. The van der Waals surface area contributed by atoms with E-state index in [1.165, 1.54) is 11.3 Å². The van der Waals surface area contributed by atoms with Crippen LogP contribution in [0.5, 0.6) is 0 Å². The van der Waals surface area contributed by atoms with E-state index in [0.717, 1.165) is 13.1 Å². The van der Waals surface area contributed by atoms with Crippen molar-refractivity contribution in [1.82, 2.24) is 5.32 Å². The molecule has 2 heteroatoms. The Hall–Kier alpha value is -1.02. The molecule has 0 aromatic heterocycles. The molecule has 102 valence electrons. The van der Waals surface area contributed by atoms with Gasteiger partial charge in [0.15, 0.2) is 0 Å². The lowest BCUT2D eigenvalue weighted by Gasteiger charge is -2.24. The summed E-state index contributed by atoms with van der Waals surface area (Å²) in [6.45, 7) is 15.2. The maximum absolute atomic E-state index is 3.53. The summed E-state index contributed by atoms with van der Waals surface area (Å²) < 4.78 is 0.